The van der Waals surface area contributed by atoms with Gasteiger partial charge in [-0.15, -0.1) is 0 Å². The van der Waals surface area contributed by atoms with E-state index in [1.807, 2.05) is 50.2 Å². The third kappa shape index (κ3) is 5.98. The maximum atomic E-state index is 12.4. The summed E-state index contributed by atoms with van der Waals surface area (Å²) in [7, 11) is 0. The zero-order chi connectivity index (χ0) is 20.6. The van der Waals surface area contributed by atoms with Gasteiger partial charge < -0.3 is 19.7 Å². The first-order chi connectivity index (χ1) is 14.0. The molecule has 1 aliphatic heterocycles. The molecule has 1 heterocycles. The van der Waals surface area contributed by atoms with Crippen LogP contribution in [0.3, 0.4) is 0 Å². The van der Waals surface area contributed by atoms with Gasteiger partial charge in [-0.25, -0.2) is 0 Å². The van der Waals surface area contributed by atoms with Crippen molar-refractivity contribution in [3.8, 4) is 11.5 Å². The third-order valence-electron chi connectivity index (χ3n) is 4.99. The summed E-state index contributed by atoms with van der Waals surface area (Å²) in [6, 6.07) is 14.9. The highest BCUT2D eigenvalue weighted by Crippen LogP contribution is 2.18. The van der Waals surface area contributed by atoms with Crippen LogP contribution >= 0.6 is 0 Å². The highest BCUT2D eigenvalue weighted by atomic mass is 16.5. The van der Waals surface area contributed by atoms with Crippen molar-refractivity contribution in [3.63, 3.8) is 0 Å². The van der Waals surface area contributed by atoms with Gasteiger partial charge in [0.05, 0.1) is 6.61 Å². The van der Waals surface area contributed by atoms with Gasteiger partial charge in [-0.05, 0) is 63.1 Å². The monoisotopic (exact) mass is 396 g/mol. The molecule has 0 aromatic heterocycles. The van der Waals surface area contributed by atoms with Gasteiger partial charge in [-0.3, -0.25) is 9.59 Å². The maximum absolute atomic E-state index is 12.4. The molecule has 154 valence electrons. The van der Waals surface area contributed by atoms with Crippen LogP contribution in [0, 0.1) is 6.92 Å². The van der Waals surface area contributed by atoms with Gasteiger partial charge in [-0.1, -0.05) is 17.7 Å². The minimum absolute atomic E-state index is 0.00831. The molecule has 1 N–H and O–H groups in total. The largest absolute Gasteiger partial charge is 0.494 e. The second-order valence-corrected chi connectivity index (χ2v) is 7.19. The van der Waals surface area contributed by atoms with Crippen LogP contribution in [0.2, 0.25) is 0 Å². The molecule has 0 unspecified atom stereocenters. The third-order valence-corrected chi connectivity index (χ3v) is 4.99. The Bertz CT molecular complexity index is 810. The number of piperidine rings is 1. The molecule has 2 aromatic rings. The number of ether oxygens (including phenoxy) is 2. The Kier molecular flexibility index (Phi) is 7.11. The summed E-state index contributed by atoms with van der Waals surface area (Å²) in [5.41, 5.74) is 1.79. The standard InChI is InChI=1S/C23H28N2O4/c1-3-28-20-8-10-21(11-9-20)29-16-22(26)25-14-12-19(13-15-25)24-23(27)18-6-4-17(2)5-7-18/h4-11,19H,3,12-16H2,1-2H3,(H,24,27). The lowest BCUT2D eigenvalue weighted by Crippen LogP contribution is -2.47. The molecule has 6 nitrogen and oxygen atoms in total. The number of carbonyl (C=O) groups excluding carboxylic acids is 2. The Morgan fingerprint density at radius 2 is 1.55 bits per heavy atom. The summed E-state index contributed by atoms with van der Waals surface area (Å²) >= 11 is 0. The van der Waals surface area contributed by atoms with E-state index in [1.54, 1.807) is 17.0 Å². The number of carbonyl (C=O) groups is 2. The zero-order valence-electron chi connectivity index (χ0n) is 17.0. The van der Waals surface area contributed by atoms with Crippen LogP contribution in [-0.4, -0.2) is 49.1 Å². The van der Waals surface area contributed by atoms with Crippen molar-refractivity contribution < 1.29 is 19.1 Å². The van der Waals surface area contributed by atoms with Crippen molar-refractivity contribution in [1.82, 2.24) is 10.2 Å². The lowest BCUT2D eigenvalue weighted by Gasteiger charge is -2.32. The second-order valence-electron chi connectivity index (χ2n) is 7.19. The molecule has 6 heteroatoms. The normalized spacial score (nSPS) is 14.3. The first kappa shape index (κ1) is 20.7. The zero-order valence-corrected chi connectivity index (χ0v) is 17.0. The summed E-state index contributed by atoms with van der Waals surface area (Å²) in [6.07, 6.45) is 1.48. The molecular formula is C23H28N2O4. The number of hydrogen-bond donors (Lipinski definition) is 1. The number of hydrogen-bond acceptors (Lipinski definition) is 4. The van der Waals surface area contributed by atoms with Crippen molar-refractivity contribution in [2.24, 2.45) is 0 Å². The fourth-order valence-corrected chi connectivity index (χ4v) is 3.28. The fraction of sp³-hybridized carbons (Fsp3) is 0.391. The predicted octanol–water partition coefficient (Wildman–Crippen LogP) is 3.19. The summed E-state index contributed by atoms with van der Waals surface area (Å²) < 4.78 is 11.0. The Balaban J connectivity index is 1.40. The smallest absolute Gasteiger partial charge is 0.260 e. The highest BCUT2D eigenvalue weighted by Gasteiger charge is 2.24. The van der Waals surface area contributed by atoms with Crippen LogP contribution in [0.4, 0.5) is 0 Å². The summed E-state index contributed by atoms with van der Waals surface area (Å²) in [4.78, 5) is 26.6. The number of rotatable bonds is 7. The van der Waals surface area contributed by atoms with Crippen LogP contribution in [-0.2, 0) is 4.79 Å². The number of nitrogens with one attached hydrogen (secondary N) is 1. The van der Waals surface area contributed by atoms with E-state index in [0.717, 1.165) is 24.2 Å². The molecule has 1 saturated heterocycles. The molecule has 0 atom stereocenters. The average molecular weight is 396 g/mol. The number of amides is 2. The van der Waals surface area contributed by atoms with Gasteiger partial charge in [0.1, 0.15) is 11.5 Å². The van der Waals surface area contributed by atoms with E-state index in [2.05, 4.69) is 5.32 Å². The molecule has 0 saturated carbocycles. The van der Waals surface area contributed by atoms with E-state index in [0.29, 0.717) is 31.0 Å². The predicted molar refractivity (Wildman–Crippen MR) is 111 cm³/mol. The van der Waals surface area contributed by atoms with Crippen molar-refractivity contribution in [2.75, 3.05) is 26.3 Å². The van der Waals surface area contributed by atoms with Gasteiger partial charge in [0, 0.05) is 24.7 Å². The van der Waals surface area contributed by atoms with Gasteiger partial charge >= 0.3 is 0 Å². The van der Waals surface area contributed by atoms with Crippen molar-refractivity contribution >= 4 is 11.8 Å². The number of likely N-dealkylation sites (tertiary alicyclic amines) is 1. The van der Waals surface area contributed by atoms with Crippen LogP contribution in [0.5, 0.6) is 11.5 Å². The molecule has 1 aliphatic rings. The lowest BCUT2D eigenvalue weighted by molar-refractivity contribution is -0.134. The SMILES string of the molecule is CCOc1ccc(OCC(=O)N2CCC(NC(=O)c3ccc(C)cc3)CC2)cc1. The average Bonchev–Trinajstić information content (AvgIpc) is 2.74. The number of benzene rings is 2. The molecular weight excluding hydrogens is 368 g/mol. The van der Waals surface area contributed by atoms with E-state index < -0.39 is 0 Å². The first-order valence-corrected chi connectivity index (χ1v) is 10.1. The van der Waals surface area contributed by atoms with Gasteiger partial charge in [0.25, 0.3) is 11.8 Å². The molecule has 0 aliphatic carbocycles. The van der Waals surface area contributed by atoms with Crippen LogP contribution in [0.1, 0.15) is 35.7 Å². The minimum atomic E-state index is -0.0615. The Hall–Kier alpha value is -3.02. The summed E-state index contributed by atoms with van der Waals surface area (Å²) in [6.45, 7) is 5.78. The van der Waals surface area contributed by atoms with E-state index in [1.165, 1.54) is 0 Å². The second kappa shape index (κ2) is 9.96. The quantitative estimate of drug-likeness (QED) is 0.780. The van der Waals surface area contributed by atoms with Gasteiger partial charge in [0.2, 0.25) is 0 Å². The molecule has 29 heavy (non-hydrogen) atoms. The van der Waals surface area contributed by atoms with Crippen molar-refractivity contribution in [2.45, 2.75) is 32.7 Å². The lowest BCUT2D eigenvalue weighted by atomic mass is 10.0. The molecule has 1 fully saturated rings. The topological polar surface area (TPSA) is 67.9 Å². The molecule has 0 bridgehead atoms. The number of aryl methyl sites for hydroxylation is 1. The molecule has 2 aromatic carbocycles. The Morgan fingerprint density at radius 3 is 2.14 bits per heavy atom. The van der Waals surface area contributed by atoms with Gasteiger partial charge in [-0.2, -0.15) is 0 Å². The molecule has 2 amide bonds. The minimum Gasteiger partial charge on any atom is -0.494 e. The van der Waals surface area contributed by atoms with Crippen molar-refractivity contribution in [1.29, 1.82) is 0 Å². The first-order valence-electron chi connectivity index (χ1n) is 10.1. The molecule has 0 radical (unpaired) electrons. The maximum Gasteiger partial charge on any atom is 0.260 e. The van der Waals surface area contributed by atoms with Crippen LogP contribution in [0.15, 0.2) is 48.5 Å². The van der Waals surface area contributed by atoms with Crippen molar-refractivity contribution in [3.05, 3.63) is 59.7 Å². The molecule has 3 rings (SSSR count). The highest BCUT2D eigenvalue weighted by molar-refractivity contribution is 5.94. The van der Waals surface area contributed by atoms with E-state index >= 15 is 0 Å². The van der Waals surface area contributed by atoms with E-state index in [4.69, 9.17) is 9.47 Å². The van der Waals surface area contributed by atoms with E-state index in [-0.39, 0.29) is 24.5 Å². The van der Waals surface area contributed by atoms with Crippen LogP contribution < -0.4 is 14.8 Å². The fourth-order valence-electron chi connectivity index (χ4n) is 3.28. The van der Waals surface area contributed by atoms with E-state index in [9.17, 15) is 9.59 Å². The van der Waals surface area contributed by atoms with Gasteiger partial charge in [0.15, 0.2) is 6.61 Å². The summed E-state index contributed by atoms with van der Waals surface area (Å²) in [5.74, 6) is 1.32. The molecule has 0 spiro atoms. The van der Waals surface area contributed by atoms with Crippen LogP contribution in [0.25, 0.3) is 0 Å². The number of nitrogens with zero attached hydrogens (tertiary/aromatic N) is 1. The Labute approximate surface area is 171 Å². The Morgan fingerprint density at radius 1 is 0.966 bits per heavy atom. The summed E-state index contributed by atoms with van der Waals surface area (Å²) in [5, 5.41) is 3.07.